The van der Waals surface area contributed by atoms with E-state index < -0.39 is 46.6 Å². The van der Waals surface area contributed by atoms with E-state index in [2.05, 4.69) is 4.18 Å². The van der Waals surface area contributed by atoms with Crippen molar-refractivity contribution in [3.05, 3.63) is 29.8 Å². The first-order valence-electron chi connectivity index (χ1n) is 8.98. The van der Waals surface area contributed by atoms with Crippen LogP contribution in [-0.4, -0.2) is 15.0 Å². The molecule has 1 aromatic carbocycles. The van der Waals surface area contributed by atoms with Crippen LogP contribution < -0.4 is 0 Å². The van der Waals surface area contributed by atoms with Crippen LogP contribution in [-0.2, 0) is 14.3 Å². The Kier molecular flexibility index (Phi) is 1.36. The summed E-state index contributed by atoms with van der Waals surface area (Å²) in [5.74, 6) is -3.45. The second kappa shape index (κ2) is 4.55. The van der Waals surface area contributed by atoms with E-state index in [4.69, 9.17) is 12.3 Å². The van der Waals surface area contributed by atoms with Crippen molar-refractivity contribution in [1.29, 1.82) is 0 Å². The van der Waals surface area contributed by atoms with Gasteiger partial charge in [0.2, 0.25) is 0 Å². The second-order valence-corrected chi connectivity index (χ2v) is 4.75. The molecule has 0 heterocycles. The molecule has 88 valence electrons. The molecule has 0 unspecified atom stereocenters. The van der Waals surface area contributed by atoms with Gasteiger partial charge in [-0.05, 0) is 37.7 Å². The van der Waals surface area contributed by atoms with Gasteiger partial charge in [0.1, 0.15) is 0 Å². The molecule has 0 saturated heterocycles. The number of rotatable bonds is 4. The standard InChI is InChI=1S/C12H16O3S/c1-10-5-7-12(8-6-10)16(13,14)15-9-11-3-2-4-11/h5-8,11H,2-4,9H2,1H3/i2D2,3D2,4D2,9D2,11D. The van der Waals surface area contributed by atoms with Crippen molar-refractivity contribution in [2.75, 3.05) is 6.56 Å². The summed E-state index contributed by atoms with van der Waals surface area (Å²) in [6, 6.07) is 5.09. The van der Waals surface area contributed by atoms with Crippen LogP contribution in [0, 0.1) is 12.8 Å². The Labute approximate surface area is 109 Å². The van der Waals surface area contributed by atoms with Gasteiger partial charge in [-0.25, -0.2) is 0 Å². The minimum absolute atomic E-state index is 0.450. The molecule has 1 aliphatic rings. The van der Waals surface area contributed by atoms with Crippen LogP contribution in [0.4, 0.5) is 0 Å². The molecule has 0 atom stereocenters. The van der Waals surface area contributed by atoms with Crippen LogP contribution in [0.1, 0.15) is 37.0 Å². The third kappa shape index (κ3) is 2.62. The first kappa shape index (κ1) is 4.78. The Hall–Kier alpha value is -0.870. The Morgan fingerprint density at radius 3 is 2.75 bits per heavy atom. The van der Waals surface area contributed by atoms with E-state index in [1.54, 1.807) is 6.92 Å². The van der Waals surface area contributed by atoms with Gasteiger partial charge in [0.15, 0.2) is 0 Å². The number of hydrogen-bond donors (Lipinski definition) is 0. The van der Waals surface area contributed by atoms with Crippen LogP contribution >= 0.6 is 0 Å². The molecule has 16 heavy (non-hydrogen) atoms. The third-order valence-corrected chi connectivity index (χ3v) is 3.09. The van der Waals surface area contributed by atoms with E-state index in [0.29, 0.717) is 0 Å². The summed E-state index contributed by atoms with van der Waals surface area (Å²) >= 11 is 0. The van der Waals surface area contributed by atoms with Crippen molar-refractivity contribution in [3.63, 3.8) is 0 Å². The molecular weight excluding hydrogens is 224 g/mol. The fourth-order valence-corrected chi connectivity index (χ4v) is 1.78. The molecule has 0 bridgehead atoms. The summed E-state index contributed by atoms with van der Waals surface area (Å²) in [7, 11) is -4.78. The molecule has 1 aliphatic carbocycles. The van der Waals surface area contributed by atoms with E-state index in [9.17, 15) is 8.42 Å². The summed E-state index contributed by atoms with van der Waals surface area (Å²) in [4.78, 5) is -0.450. The van der Waals surface area contributed by atoms with Crippen molar-refractivity contribution in [1.82, 2.24) is 0 Å². The fourth-order valence-electron chi connectivity index (χ4n) is 1.03. The minimum atomic E-state index is -4.78. The molecular formula is C12H16O3S. The minimum Gasteiger partial charge on any atom is -0.266 e. The van der Waals surface area contributed by atoms with Crippen molar-refractivity contribution in [3.8, 4) is 0 Å². The molecule has 3 nitrogen and oxygen atoms in total. The van der Waals surface area contributed by atoms with Crippen LogP contribution in [0.3, 0.4) is 0 Å². The molecule has 0 radical (unpaired) electrons. The summed E-state index contributed by atoms with van der Waals surface area (Å²) in [5.41, 5.74) is 0.721. The average molecular weight is 249 g/mol. The second-order valence-electron chi connectivity index (χ2n) is 3.20. The highest BCUT2D eigenvalue weighted by molar-refractivity contribution is 7.86. The number of hydrogen-bond acceptors (Lipinski definition) is 3. The van der Waals surface area contributed by atoms with Gasteiger partial charge in [-0.3, -0.25) is 4.18 Å². The van der Waals surface area contributed by atoms with Gasteiger partial charge in [-0.2, -0.15) is 8.42 Å². The lowest BCUT2D eigenvalue weighted by molar-refractivity contribution is 0.185. The highest BCUT2D eigenvalue weighted by Gasteiger charge is 2.22. The average Bonchev–Trinajstić information content (AvgIpc) is 2.44. The third-order valence-electron chi connectivity index (χ3n) is 1.94. The van der Waals surface area contributed by atoms with Gasteiger partial charge in [-0.15, -0.1) is 0 Å². The van der Waals surface area contributed by atoms with Crippen molar-refractivity contribution < 1.29 is 24.9 Å². The number of aryl methyl sites for hydroxylation is 1. The predicted molar refractivity (Wildman–Crippen MR) is 61.7 cm³/mol. The van der Waals surface area contributed by atoms with Crippen LogP contribution in [0.25, 0.3) is 0 Å². The largest absolute Gasteiger partial charge is 0.296 e. The SMILES string of the molecule is [2H]C([2H])(OS(=O)(=O)c1ccc(C)cc1)C1([2H])C([2H])([2H])C([2H])([2H])C1([2H])[2H]. The Morgan fingerprint density at radius 2 is 2.12 bits per heavy atom. The molecule has 0 aliphatic heterocycles. The molecule has 2 rings (SSSR count). The summed E-state index contributed by atoms with van der Waals surface area (Å²) in [6.45, 7) is -1.98. The highest BCUT2D eigenvalue weighted by Crippen LogP contribution is 2.27. The summed E-state index contributed by atoms with van der Waals surface area (Å²) < 4.78 is 97.7. The molecule has 1 fully saturated rings. The van der Waals surface area contributed by atoms with E-state index >= 15 is 0 Å². The Bertz CT molecular complexity index is 769. The van der Waals surface area contributed by atoms with Gasteiger partial charge >= 0.3 is 0 Å². The van der Waals surface area contributed by atoms with Gasteiger partial charge < -0.3 is 0 Å². The normalized spacial score (nSPS) is 37.7. The molecule has 0 N–H and O–H groups in total. The molecule has 0 spiro atoms. The van der Waals surface area contributed by atoms with Crippen LogP contribution in [0.5, 0.6) is 0 Å². The topological polar surface area (TPSA) is 43.4 Å². The van der Waals surface area contributed by atoms with Crippen molar-refractivity contribution >= 4 is 10.1 Å². The first-order valence-corrected chi connectivity index (χ1v) is 5.89. The molecule has 0 amide bonds. The predicted octanol–water partition coefficient (Wildman–Crippen LogP) is 2.50. The lowest BCUT2D eigenvalue weighted by Gasteiger charge is -2.24. The quantitative estimate of drug-likeness (QED) is 0.770. The van der Waals surface area contributed by atoms with E-state index in [-0.39, 0.29) is 0 Å². The maximum Gasteiger partial charge on any atom is 0.296 e. The molecule has 1 aromatic rings. The zero-order valence-corrected chi connectivity index (χ0v) is 9.26. The lowest BCUT2D eigenvalue weighted by atomic mass is 9.86. The smallest absolute Gasteiger partial charge is 0.266 e. The fraction of sp³-hybridized carbons (Fsp3) is 0.500. The zero-order valence-electron chi connectivity index (χ0n) is 17.4. The van der Waals surface area contributed by atoms with E-state index in [1.165, 1.54) is 12.1 Å². The van der Waals surface area contributed by atoms with Crippen LogP contribution in [0.2, 0.25) is 0 Å². The van der Waals surface area contributed by atoms with Gasteiger partial charge in [0, 0.05) is 9.60 Å². The number of benzene rings is 1. The maximum absolute atomic E-state index is 12.2. The Morgan fingerprint density at radius 1 is 1.50 bits per heavy atom. The van der Waals surface area contributed by atoms with Crippen LogP contribution in [0.15, 0.2) is 29.2 Å². The Balaban J connectivity index is 2.47. The summed E-state index contributed by atoms with van der Waals surface area (Å²) in [5, 5.41) is 0. The van der Waals surface area contributed by atoms with Crippen molar-refractivity contribution in [2.45, 2.75) is 30.9 Å². The van der Waals surface area contributed by atoms with Gasteiger partial charge in [0.05, 0.1) is 14.2 Å². The van der Waals surface area contributed by atoms with E-state index in [0.717, 1.165) is 17.7 Å². The summed E-state index contributed by atoms with van der Waals surface area (Å²) in [6.07, 6.45) is -9.88. The monoisotopic (exact) mass is 249 g/mol. The van der Waals surface area contributed by atoms with E-state index in [1.807, 2.05) is 0 Å². The van der Waals surface area contributed by atoms with Crippen molar-refractivity contribution in [2.24, 2.45) is 5.89 Å². The highest BCUT2D eigenvalue weighted by atomic mass is 32.2. The van der Waals surface area contributed by atoms with Gasteiger partial charge in [-0.1, -0.05) is 24.1 Å². The van der Waals surface area contributed by atoms with Gasteiger partial charge in [0.25, 0.3) is 10.1 Å². The lowest BCUT2D eigenvalue weighted by Crippen LogP contribution is -2.20. The molecule has 1 saturated carbocycles. The zero-order chi connectivity index (χ0) is 19.7. The maximum atomic E-state index is 12.2. The molecule has 4 heteroatoms. The first-order chi connectivity index (χ1) is 11.0. The molecule has 0 aromatic heterocycles.